The fourth-order valence-corrected chi connectivity index (χ4v) is 5.00. The van der Waals surface area contributed by atoms with Crippen molar-refractivity contribution in [1.29, 1.82) is 0 Å². The third kappa shape index (κ3) is 6.90. The van der Waals surface area contributed by atoms with Crippen molar-refractivity contribution in [3.63, 3.8) is 0 Å². The Morgan fingerprint density at radius 1 is 1.12 bits per heavy atom. The summed E-state index contributed by atoms with van der Waals surface area (Å²) in [6.45, 7) is 4.51. The van der Waals surface area contributed by atoms with Gasteiger partial charge in [-0.2, -0.15) is 0 Å². The van der Waals surface area contributed by atoms with Gasteiger partial charge in [-0.05, 0) is 44.2 Å². The minimum atomic E-state index is 0.425. The van der Waals surface area contributed by atoms with E-state index in [1.54, 1.807) is 24.6 Å². The van der Waals surface area contributed by atoms with Crippen molar-refractivity contribution in [1.82, 2.24) is 15.3 Å². The predicted molar refractivity (Wildman–Crippen MR) is 138 cm³/mol. The van der Waals surface area contributed by atoms with Crippen LogP contribution >= 0.6 is 22.9 Å². The van der Waals surface area contributed by atoms with E-state index >= 15 is 0 Å². The highest BCUT2D eigenvalue weighted by Gasteiger charge is 2.21. The van der Waals surface area contributed by atoms with Crippen LogP contribution in [0.15, 0.2) is 41.9 Å². The van der Waals surface area contributed by atoms with E-state index in [2.05, 4.69) is 52.1 Å². The number of thiazole rings is 1. The minimum Gasteiger partial charge on any atom is -0.383 e. The predicted octanol–water partition coefficient (Wildman–Crippen LogP) is 5.74. The lowest BCUT2D eigenvalue weighted by Gasteiger charge is -2.30. The summed E-state index contributed by atoms with van der Waals surface area (Å²) in [4.78, 5) is 9.27. The van der Waals surface area contributed by atoms with Crippen LogP contribution in [0, 0.1) is 6.92 Å². The van der Waals surface area contributed by atoms with Gasteiger partial charge < -0.3 is 20.7 Å². The number of anilines is 2. The summed E-state index contributed by atoms with van der Waals surface area (Å²) >= 11 is 8.07. The summed E-state index contributed by atoms with van der Waals surface area (Å²) in [5.74, 6) is 0.854. The number of ether oxygens (including phenoxy) is 1. The highest BCUT2D eigenvalue weighted by atomic mass is 35.5. The lowest BCUT2D eigenvalue weighted by Crippen LogP contribution is -2.38. The molecule has 2 heterocycles. The van der Waals surface area contributed by atoms with Gasteiger partial charge in [-0.1, -0.05) is 41.4 Å². The van der Waals surface area contributed by atoms with Gasteiger partial charge in [0.2, 0.25) is 0 Å². The van der Waals surface area contributed by atoms with Crippen LogP contribution in [0.3, 0.4) is 0 Å². The Hall–Kier alpha value is -2.19. The Morgan fingerprint density at radius 3 is 2.64 bits per heavy atom. The SMILES string of the molecule is COCCN[C@H]1CC[C@H](Nc2cc(-c3csc(NCc4ccc(C)cc4)n3)c(Cl)cn2)CC1. The smallest absolute Gasteiger partial charge is 0.183 e. The number of aryl methyl sites for hydroxylation is 1. The molecule has 0 spiro atoms. The molecule has 1 aromatic carbocycles. The van der Waals surface area contributed by atoms with E-state index in [1.165, 1.54) is 11.1 Å². The summed E-state index contributed by atoms with van der Waals surface area (Å²) in [5, 5.41) is 14.1. The monoisotopic (exact) mass is 485 g/mol. The maximum Gasteiger partial charge on any atom is 0.183 e. The molecule has 0 aliphatic heterocycles. The Morgan fingerprint density at radius 2 is 1.88 bits per heavy atom. The number of aromatic nitrogens is 2. The molecule has 1 fully saturated rings. The third-order valence-corrected chi connectivity index (χ3v) is 7.12. The normalized spacial score (nSPS) is 18.3. The number of hydrogen-bond acceptors (Lipinski definition) is 7. The Balaban J connectivity index is 1.33. The molecule has 0 atom stereocenters. The first-order valence-corrected chi connectivity index (χ1v) is 12.8. The number of halogens is 1. The fourth-order valence-electron chi connectivity index (χ4n) is 4.09. The van der Waals surface area contributed by atoms with Crippen molar-refractivity contribution in [2.45, 2.75) is 51.2 Å². The summed E-state index contributed by atoms with van der Waals surface area (Å²) in [5.41, 5.74) is 4.27. The van der Waals surface area contributed by atoms with Gasteiger partial charge in [-0.25, -0.2) is 9.97 Å². The number of benzene rings is 1. The standard InChI is InChI=1S/C25H32ClN5OS/c1-17-3-5-18(6-4-17)14-29-25-31-23(16-33-25)21-13-24(28-15-22(21)26)30-20-9-7-19(8-10-20)27-11-12-32-2/h3-6,13,15-16,19-20,27H,7-12,14H2,1-2H3,(H,28,30)(H,29,31)/t19-,20-. The Kier molecular flexibility index (Phi) is 8.56. The number of hydrogen-bond donors (Lipinski definition) is 3. The lowest BCUT2D eigenvalue weighted by molar-refractivity contribution is 0.191. The van der Waals surface area contributed by atoms with Gasteiger partial charge in [-0.3, -0.25) is 0 Å². The van der Waals surface area contributed by atoms with E-state index in [4.69, 9.17) is 21.3 Å². The van der Waals surface area contributed by atoms with E-state index in [0.29, 0.717) is 17.1 Å². The van der Waals surface area contributed by atoms with E-state index in [-0.39, 0.29) is 0 Å². The van der Waals surface area contributed by atoms with E-state index in [0.717, 1.165) is 67.6 Å². The molecular formula is C25H32ClN5OS. The maximum absolute atomic E-state index is 6.49. The van der Waals surface area contributed by atoms with Crippen molar-refractivity contribution < 1.29 is 4.74 Å². The maximum atomic E-state index is 6.49. The zero-order valence-corrected chi connectivity index (χ0v) is 20.8. The van der Waals surface area contributed by atoms with Crippen molar-refractivity contribution in [2.75, 3.05) is 30.9 Å². The molecule has 8 heteroatoms. The first-order valence-electron chi connectivity index (χ1n) is 11.5. The van der Waals surface area contributed by atoms with Crippen LogP contribution in [0.1, 0.15) is 36.8 Å². The fraction of sp³-hybridized carbons (Fsp3) is 0.440. The Labute approximate surface area is 205 Å². The van der Waals surface area contributed by atoms with Crippen LogP contribution in [-0.2, 0) is 11.3 Å². The molecule has 0 saturated heterocycles. The Bertz CT molecular complexity index is 1020. The van der Waals surface area contributed by atoms with Crippen LogP contribution in [-0.4, -0.2) is 42.3 Å². The summed E-state index contributed by atoms with van der Waals surface area (Å²) in [6.07, 6.45) is 6.27. The molecule has 0 radical (unpaired) electrons. The summed E-state index contributed by atoms with van der Waals surface area (Å²) in [6, 6.07) is 11.5. The number of methoxy groups -OCH3 is 1. The first kappa shape index (κ1) is 24.0. The van der Waals surface area contributed by atoms with Gasteiger partial charge in [0.1, 0.15) is 5.82 Å². The molecule has 2 aromatic heterocycles. The van der Waals surface area contributed by atoms with Crippen molar-refractivity contribution >= 4 is 33.9 Å². The van der Waals surface area contributed by atoms with Gasteiger partial charge in [-0.15, -0.1) is 11.3 Å². The molecular weight excluding hydrogens is 454 g/mol. The summed E-state index contributed by atoms with van der Waals surface area (Å²) in [7, 11) is 1.74. The van der Waals surface area contributed by atoms with Crippen molar-refractivity contribution in [3.05, 3.63) is 58.1 Å². The third-order valence-electron chi connectivity index (χ3n) is 6.02. The number of nitrogens with zero attached hydrogens (tertiary/aromatic N) is 2. The quantitative estimate of drug-likeness (QED) is 0.318. The molecule has 0 bridgehead atoms. The van der Waals surface area contributed by atoms with Crippen LogP contribution in [0.5, 0.6) is 0 Å². The molecule has 0 amide bonds. The molecule has 33 heavy (non-hydrogen) atoms. The second-order valence-corrected chi connectivity index (χ2v) is 9.83. The molecule has 3 N–H and O–H groups in total. The molecule has 1 aliphatic rings. The van der Waals surface area contributed by atoms with E-state index in [1.807, 2.05) is 11.4 Å². The first-order chi connectivity index (χ1) is 16.1. The number of nitrogens with one attached hydrogen (secondary N) is 3. The molecule has 1 saturated carbocycles. The molecule has 0 unspecified atom stereocenters. The molecule has 1 aliphatic carbocycles. The second-order valence-electron chi connectivity index (χ2n) is 8.57. The zero-order valence-electron chi connectivity index (χ0n) is 19.2. The average Bonchev–Trinajstić information content (AvgIpc) is 3.30. The van der Waals surface area contributed by atoms with Crippen LogP contribution in [0.4, 0.5) is 10.9 Å². The second kappa shape index (κ2) is 11.8. The van der Waals surface area contributed by atoms with Gasteiger partial charge in [0.05, 0.1) is 17.3 Å². The van der Waals surface area contributed by atoms with Gasteiger partial charge in [0, 0.05) is 49.4 Å². The molecule has 176 valence electrons. The molecule has 3 aromatic rings. The van der Waals surface area contributed by atoms with Gasteiger partial charge in [0.25, 0.3) is 0 Å². The molecule has 6 nitrogen and oxygen atoms in total. The summed E-state index contributed by atoms with van der Waals surface area (Å²) < 4.78 is 5.13. The van der Waals surface area contributed by atoms with Gasteiger partial charge in [0.15, 0.2) is 5.13 Å². The van der Waals surface area contributed by atoms with Gasteiger partial charge >= 0.3 is 0 Å². The largest absolute Gasteiger partial charge is 0.383 e. The average molecular weight is 486 g/mol. The number of rotatable bonds is 10. The van der Waals surface area contributed by atoms with Crippen LogP contribution in [0.2, 0.25) is 5.02 Å². The zero-order chi connectivity index (χ0) is 23.0. The minimum absolute atomic E-state index is 0.425. The topological polar surface area (TPSA) is 71.1 Å². The lowest BCUT2D eigenvalue weighted by atomic mass is 9.91. The van der Waals surface area contributed by atoms with E-state index in [9.17, 15) is 0 Å². The van der Waals surface area contributed by atoms with Crippen molar-refractivity contribution in [3.8, 4) is 11.3 Å². The number of pyridine rings is 1. The molecule has 4 rings (SSSR count). The highest BCUT2D eigenvalue weighted by molar-refractivity contribution is 7.14. The van der Waals surface area contributed by atoms with Crippen LogP contribution < -0.4 is 16.0 Å². The highest BCUT2D eigenvalue weighted by Crippen LogP contribution is 2.32. The van der Waals surface area contributed by atoms with Crippen molar-refractivity contribution in [2.24, 2.45) is 0 Å². The van der Waals surface area contributed by atoms with Crippen LogP contribution in [0.25, 0.3) is 11.3 Å². The van der Waals surface area contributed by atoms with E-state index < -0.39 is 0 Å².